The van der Waals surface area contributed by atoms with Crippen LogP contribution in [-0.2, 0) is 6.54 Å². The zero-order chi connectivity index (χ0) is 16.4. The second kappa shape index (κ2) is 6.57. The number of nitrogens with one attached hydrogen (secondary N) is 2. The number of anilines is 3. The van der Waals surface area contributed by atoms with E-state index in [9.17, 15) is 0 Å². The average Bonchev–Trinajstić information content (AvgIpc) is 2.95. The summed E-state index contributed by atoms with van der Waals surface area (Å²) in [6.45, 7) is 5.99. The molecule has 0 amide bonds. The van der Waals surface area contributed by atoms with Crippen molar-refractivity contribution in [2.24, 2.45) is 4.99 Å². The van der Waals surface area contributed by atoms with E-state index in [0.29, 0.717) is 6.04 Å². The lowest BCUT2D eigenvalue weighted by Crippen LogP contribution is -2.38. The fourth-order valence-corrected chi connectivity index (χ4v) is 3.20. The highest BCUT2D eigenvalue weighted by Gasteiger charge is 2.19. The topological polar surface area (TPSA) is 65.4 Å². The molecule has 6 heteroatoms. The molecular weight excluding hydrogens is 300 g/mol. The van der Waals surface area contributed by atoms with Crippen LogP contribution in [0.15, 0.2) is 35.5 Å². The Hall–Kier alpha value is -2.47. The van der Waals surface area contributed by atoms with E-state index >= 15 is 0 Å². The van der Waals surface area contributed by atoms with Crippen LogP contribution in [0.5, 0.6) is 0 Å². The molecule has 0 bridgehead atoms. The molecule has 4 rings (SSSR count). The molecule has 1 unspecified atom stereocenters. The molecule has 2 aliphatic rings. The highest BCUT2D eigenvalue weighted by Crippen LogP contribution is 2.23. The van der Waals surface area contributed by atoms with Crippen LogP contribution in [0.1, 0.15) is 24.5 Å². The zero-order valence-electron chi connectivity index (χ0n) is 13.9. The third-order valence-corrected chi connectivity index (χ3v) is 4.53. The molecule has 1 aromatic heterocycles. The Balaban J connectivity index is 1.55. The van der Waals surface area contributed by atoms with E-state index in [1.54, 1.807) is 0 Å². The molecule has 0 aliphatic carbocycles. The molecule has 6 nitrogen and oxygen atoms in total. The summed E-state index contributed by atoms with van der Waals surface area (Å²) in [6.07, 6.45) is 4.86. The standard InChI is InChI=1S/C18H22N6/c1-13-10-19-6-2-8-24(13)18-21-7-5-17(23-18)22-16-4-3-14-11-20-12-15(14)9-16/h3-5,7,9,12-13,19H,2,6,8,10-11H2,1H3,(H,21,22,23). The second-order valence-corrected chi connectivity index (χ2v) is 6.35. The monoisotopic (exact) mass is 322 g/mol. The van der Waals surface area contributed by atoms with Crippen LogP contribution in [0.25, 0.3) is 0 Å². The minimum atomic E-state index is 0.388. The molecule has 2 aliphatic heterocycles. The first-order chi connectivity index (χ1) is 11.8. The summed E-state index contributed by atoms with van der Waals surface area (Å²) in [5, 5.41) is 6.84. The Morgan fingerprint density at radius 3 is 3.21 bits per heavy atom. The van der Waals surface area contributed by atoms with Crippen molar-refractivity contribution in [1.82, 2.24) is 15.3 Å². The zero-order valence-corrected chi connectivity index (χ0v) is 13.9. The van der Waals surface area contributed by atoms with Gasteiger partial charge >= 0.3 is 0 Å². The van der Waals surface area contributed by atoms with Gasteiger partial charge in [0.15, 0.2) is 0 Å². The molecule has 2 aromatic rings. The van der Waals surface area contributed by atoms with Crippen molar-refractivity contribution < 1.29 is 0 Å². The van der Waals surface area contributed by atoms with Gasteiger partial charge in [0.25, 0.3) is 0 Å². The lowest BCUT2D eigenvalue weighted by Gasteiger charge is -2.27. The molecule has 1 fully saturated rings. The van der Waals surface area contributed by atoms with Gasteiger partial charge in [-0.25, -0.2) is 4.98 Å². The first-order valence-corrected chi connectivity index (χ1v) is 8.50. The smallest absolute Gasteiger partial charge is 0.227 e. The van der Waals surface area contributed by atoms with Crippen molar-refractivity contribution in [3.63, 3.8) is 0 Å². The van der Waals surface area contributed by atoms with Gasteiger partial charge in [-0.3, -0.25) is 4.99 Å². The molecule has 1 saturated heterocycles. The van der Waals surface area contributed by atoms with Gasteiger partial charge in [0, 0.05) is 37.2 Å². The van der Waals surface area contributed by atoms with Crippen LogP contribution in [0.2, 0.25) is 0 Å². The van der Waals surface area contributed by atoms with Crippen LogP contribution in [0, 0.1) is 0 Å². The quantitative estimate of drug-likeness (QED) is 0.908. The number of aromatic nitrogens is 2. The van der Waals surface area contributed by atoms with E-state index < -0.39 is 0 Å². The Morgan fingerprint density at radius 1 is 1.29 bits per heavy atom. The fraction of sp³-hybridized carbons (Fsp3) is 0.389. The number of benzene rings is 1. The number of fused-ring (bicyclic) bond motifs is 1. The summed E-state index contributed by atoms with van der Waals surface area (Å²) in [4.78, 5) is 15.8. The first-order valence-electron chi connectivity index (χ1n) is 8.50. The maximum absolute atomic E-state index is 4.72. The van der Waals surface area contributed by atoms with Gasteiger partial charge in [-0.1, -0.05) is 6.07 Å². The molecule has 1 atom stereocenters. The van der Waals surface area contributed by atoms with E-state index in [0.717, 1.165) is 50.1 Å². The summed E-state index contributed by atoms with van der Waals surface area (Å²) >= 11 is 0. The Kier molecular flexibility index (Phi) is 4.13. The molecule has 2 N–H and O–H groups in total. The predicted molar refractivity (Wildman–Crippen MR) is 97.3 cm³/mol. The average molecular weight is 322 g/mol. The number of rotatable bonds is 3. The van der Waals surface area contributed by atoms with Gasteiger partial charge < -0.3 is 15.5 Å². The normalized spacial score (nSPS) is 19.9. The number of hydrogen-bond donors (Lipinski definition) is 2. The van der Waals surface area contributed by atoms with Crippen LogP contribution < -0.4 is 15.5 Å². The third kappa shape index (κ3) is 3.10. The molecule has 3 heterocycles. The lowest BCUT2D eigenvalue weighted by atomic mass is 10.1. The third-order valence-electron chi connectivity index (χ3n) is 4.53. The van der Waals surface area contributed by atoms with E-state index in [2.05, 4.69) is 50.6 Å². The molecule has 124 valence electrons. The number of hydrogen-bond acceptors (Lipinski definition) is 6. The Labute approximate surface area is 142 Å². The summed E-state index contributed by atoms with van der Waals surface area (Å²) < 4.78 is 0. The highest BCUT2D eigenvalue weighted by atomic mass is 15.3. The van der Waals surface area contributed by atoms with Gasteiger partial charge in [-0.15, -0.1) is 0 Å². The maximum Gasteiger partial charge on any atom is 0.227 e. The van der Waals surface area contributed by atoms with Crippen LogP contribution >= 0.6 is 0 Å². The van der Waals surface area contributed by atoms with Crippen molar-refractivity contribution in [2.75, 3.05) is 29.9 Å². The van der Waals surface area contributed by atoms with Gasteiger partial charge in [-0.2, -0.15) is 4.98 Å². The van der Waals surface area contributed by atoms with Crippen LogP contribution in [0.3, 0.4) is 0 Å². The van der Waals surface area contributed by atoms with Crippen molar-refractivity contribution in [3.05, 3.63) is 41.6 Å². The predicted octanol–water partition coefficient (Wildman–Crippen LogP) is 2.34. The summed E-state index contributed by atoms with van der Waals surface area (Å²) in [5.41, 5.74) is 3.48. The van der Waals surface area contributed by atoms with Crippen LogP contribution in [0.4, 0.5) is 17.5 Å². The summed E-state index contributed by atoms with van der Waals surface area (Å²) in [5.74, 6) is 1.61. The van der Waals surface area contributed by atoms with Crippen molar-refractivity contribution in [3.8, 4) is 0 Å². The lowest BCUT2D eigenvalue weighted by molar-refractivity contribution is 0.620. The second-order valence-electron chi connectivity index (χ2n) is 6.35. The Morgan fingerprint density at radius 2 is 2.25 bits per heavy atom. The SMILES string of the molecule is CC1CNCCCN1c1nccc(Nc2ccc3c(c2)C=NC3)n1. The minimum Gasteiger partial charge on any atom is -0.340 e. The summed E-state index contributed by atoms with van der Waals surface area (Å²) in [6, 6.07) is 8.61. The molecule has 0 radical (unpaired) electrons. The van der Waals surface area contributed by atoms with Gasteiger partial charge in [0.2, 0.25) is 5.95 Å². The first kappa shape index (κ1) is 15.1. The van der Waals surface area contributed by atoms with E-state index in [4.69, 9.17) is 4.98 Å². The van der Waals surface area contributed by atoms with E-state index in [-0.39, 0.29) is 0 Å². The Bertz CT molecular complexity index is 757. The van der Waals surface area contributed by atoms with Crippen molar-refractivity contribution >= 4 is 23.7 Å². The molecule has 24 heavy (non-hydrogen) atoms. The van der Waals surface area contributed by atoms with Gasteiger partial charge in [-0.05, 0) is 49.2 Å². The van der Waals surface area contributed by atoms with E-state index in [1.165, 1.54) is 11.1 Å². The molecule has 1 aromatic carbocycles. The van der Waals surface area contributed by atoms with Crippen LogP contribution in [-0.4, -0.2) is 41.9 Å². The fourth-order valence-electron chi connectivity index (χ4n) is 3.20. The van der Waals surface area contributed by atoms with Gasteiger partial charge in [0.05, 0.1) is 6.54 Å². The largest absolute Gasteiger partial charge is 0.340 e. The molecular formula is C18H22N6. The minimum absolute atomic E-state index is 0.388. The molecule has 0 saturated carbocycles. The van der Waals surface area contributed by atoms with Gasteiger partial charge in [0.1, 0.15) is 5.82 Å². The molecule has 0 spiro atoms. The maximum atomic E-state index is 4.72. The number of aliphatic imine (C=N–C) groups is 1. The highest BCUT2D eigenvalue weighted by molar-refractivity contribution is 5.86. The van der Waals surface area contributed by atoms with Crippen molar-refractivity contribution in [1.29, 1.82) is 0 Å². The number of nitrogens with zero attached hydrogens (tertiary/aromatic N) is 4. The van der Waals surface area contributed by atoms with Crippen molar-refractivity contribution in [2.45, 2.75) is 25.9 Å². The van der Waals surface area contributed by atoms with E-state index in [1.807, 2.05) is 18.5 Å². The summed E-state index contributed by atoms with van der Waals surface area (Å²) in [7, 11) is 0.